The van der Waals surface area contributed by atoms with Gasteiger partial charge in [-0.3, -0.25) is 9.80 Å². The lowest BCUT2D eigenvalue weighted by atomic mass is 10.1. The highest BCUT2D eigenvalue weighted by Crippen LogP contribution is 2.25. The van der Waals surface area contributed by atoms with Gasteiger partial charge in [-0.2, -0.15) is 0 Å². The lowest BCUT2D eigenvalue weighted by Crippen LogP contribution is -2.59. The molecule has 0 spiro atoms. The molecular formula is C15H31N3. The number of rotatable bonds is 5. The second kappa shape index (κ2) is 6.36. The van der Waals surface area contributed by atoms with E-state index in [1.54, 1.807) is 0 Å². The van der Waals surface area contributed by atoms with Gasteiger partial charge in [0.05, 0.1) is 0 Å². The molecule has 2 aliphatic heterocycles. The third-order valence-corrected chi connectivity index (χ3v) is 4.54. The summed E-state index contributed by atoms with van der Waals surface area (Å²) in [5.41, 5.74) is 0. The number of piperazine rings is 1. The standard InChI is InChI=1S/C15H31N3/c1-12(2)8-16-9-13(3)18-11-15-6-5-7-17(15)10-14(18)4/h12-16H,5-11H2,1-4H3. The van der Waals surface area contributed by atoms with Crippen LogP contribution in [-0.4, -0.2) is 60.6 Å². The summed E-state index contributed by atoms with van der Waals surface area (Å²) >= 11 is 0. The monoisotopic (exact) mass is 253 g/mol. The first-order chi connectivity index (χ1) is 8.58. The summed E-state index contributed by atoms with van der Waals surface area (Å²) in [7, 11) is 0. The molecule has 3 unspecified atom stereocenters. The fourth-order valence-electron chi connectivity index (χ4n) is 3.52. The van der Waals surface area contributed by atoms with E-state index in [1.807, 2.05) is 0 Å². The topological polar surface area (TPSA) is 18.5 Å². The normalized spacial score (nSPS) is 31.8. The molecule has 1 N–H and O–H groups in total. The third-order valence-electron chi connectivity index (χ3n) is 4.54. The van der Waals surface area contributed by atoms with Crippen LogP contribution in [0, 0.1) is 5.92 Å². The Morgan fingerprint density at radius 1 is 1.17 bits per heavy atom. The number of hydrogen-bond donors (Lipinski definition) is 1. The fraction of sp³-hybridized carbons (Fsp3) is 1.00. The maximum Gasteiger partial charge on any atom is 0.0224 e. The van der Waals surface area contributed by atoms with Gasteiger partial charge >= 0.3 is 0 Å². The summed E-state index contributed by atoms with van der Waals surface area (Å²) in [6, 6.07) is 2.23. The van der Waals surface area contributed by atoms with Crippen molar-refractivity contribution in [3.8, 4) is 0 Å². The van der Waals surface area contributed by atoms with Gasteiger partial charge in [-0.25, -0.2) is 0 Å². The average Bonchev–Trinajstić information content (AvgIpc) is 2.74. The van der Waals surface area contributed by atoms with Crippen molar-refractivity contribution in [3.63, 3.8) is 0 Å². The van der Waals surface area contributed by atoms with Gasteiger partial charge in [0, 0.05) is 37.8 Å². The van der Waals surface area contributed by atoms with Crippen LogP contribution in [-0.2, 0) is 0 Å². The minimum atomic E-state index is 0.668. The molecule has 2 rings (SSSR count). The second-order valence-corrected chi connectivity index (χ2v) is 6.74. The molecule has 0 saturated carbocycles. The molecule has 0 bridgehead atoms. The largest absolute Gasteiger partial charge is 0.315 e. The summed E-state index contributed by atoms with van der Waals surface area (Å²) in [6.07, 6.45) is 2.82. The van der Waals surface area contributed by atoms with E-state index >= 15 is 0 Å². The Hall–Kier alpha value is -0.120. The summed E-state index contributed by atoms with van der Waals surface area (Å²) in [5.74, 6) is 0.751. The lowest BCUT2D eigenvalue weighted by molar-refractivity contribution is 0.0330. The number of fused-ring (bicyclic) bond motifs is 1. The first-order valence-electron chi connectivity index (χ1n) is 7.78. The van der Waals surface area contributed by atoms with Crippen LogP contribution < -0.4 is 5.32 Å². The molecule has 106 valence electrons. The molecule has 3 nitrogen and oxygen atoms in total. The Kier molecular flexibility index (Phi) is 5.05. The summed E-state index contributed by atoms with van der Waals surface area (Å²) < 4.78 is 0. The SMILES string of the molecule is CC(C)CNCC(C)N1CC2CCCN2CC1C. The molecule has 0 aliphatic carbocycles. The predicted molar refractivity (Wildman–Crippen MR) is 77.9 cm³/mol. The smallest absolute Gasteiger partial charge is 0.0224 e. The number of nitrogens with one attached hydrogen (secondary N) is 1. The molecule has 2 heterocycles. The average molecular weight is 253 g/mol. The molecule has 0 amide bonds. The molecule has 0 aromatic rings. The van der Waals surface area contributed by atoms with Crippen LogP contribution in [0.2, 0.25) is 0 Å². The van der Waals surface area contributed by atoms with Crippen LogP contribution in [0.5, 0.6) is 0 Å². The molecule has 2 fully saturated rings. The maximum atomic E-state index is 3.61. The van der Waals surface area contributed by atoms with E-state index in [-0.39, 0.29) is 0 Å². The highest BCUT2D eigenvalue weighted by atomic mass is 15.3. The first kappa shape index (κ1) is 14.3. The zero-order chi connectivity index (χ0) is 13.1. The van der Waals surface area contributed by atoms with Crippen LogP contribution in [0.25, 0.3) is 0 Å². The molecule has 2 saturated heterocycles. The van der Waals surface area contributed by atoms with Gasteiger partial charge in [-0.05, 0) is 45.7 Å². The van der Waals surface area contributed by atoms with Crippen molar-refractivity contribution in [2.45, 2.75) is 58.7 Å². The zero-order valence-corrected chi connectivity index (χ0v) is 12.7. The van der Waals surface area contributed by atoms with Crippen LogP contribution >= 0.6 is 0 Å². The van der Waals surface area contributed by atoms with Crippen molar-refractivity contribution in [2.75, 3.05) is 32.7 Å². The molecular weight excluding hydrogens is 222 g/mol. The van der Waals surface area contributed by atoms with Crippen molar-refractivity contribution in [3.05, 3.63) is 0 Å². The van der Waals surface area contributed by atoms with Gasteiger partial charge in [0.15, 0.2) is 0 Å². The Labute approximate surface area is 113 Å². The van der Waals surface area contributed by atoms with Crippen molar-refractivity contribution in [1.82, 2.24) is 15.1 Å². The Bertz CT molecular complexity index is 254. The van der Waals surface area contributed by atoms with E-state index < -0.39 is 0 Å². The van der Waals surface area contributed by atoms with Gasteiger partial charge < -0.3 is 5.32 Å². The predicted octanol–water partition coefficient (Wildman–Crippen LogP) is 1.79. The molecule has 3 atom stereocenters. The van der Waals surface area contributed by atoms with Gasteiger partial charge in [-0.1, -0.05) is 13.8 Å². The Morgan fingerprint density at radius 2 is 1.94 bits per heavy atom. The van der Waals surface area contributed by atoms with Gasteiger partial charge in [0.1, 0.15) is 0 Å². The van der Waals surface area contributed by atoms with E-state index in [0.29, 0.717) is 6.04 Å². The zero-order valence-electron chi connectivity index (χ0n) is 12.7. The van der Waals surface area contributed by atoms with Gasteiger partial charge in [0.25, 0.3) is 0 Å². The van der Waals surface area contributed by atoms with Crippen LogP contribution in [0.3, 0.4) is 0 Å². The maximum absolute atomic E-state index is 3.61. The number of nitrogens with zero attached hydrogens (tertiary/aromatic N) is 2. The minimum absolute atomic E-state index is 0.668. The Balaban J connectivity index is 1.79. The van der Waals surface area contributed by atoms with Crippen molar-refractivity contribution < 1.29 is 0 Å². The summed E-state index contributed by atoms with van der Waals surface area (Å²) in [4.78, 5) is 5.43. The molecule has 0 radical (unpaired) electrons. The van der Waals surface area contributed by atoms with Gasteiger partial charge in [0.2, 0.25) is 0 Å². The van der Waals surface area contributed by atoms with Crippen molar-refractivity contribution in [1.29, 1.82) is 0 Å². The molecule has 0 aromatic carbocycles. The van der Waals surface area contributed by atoms with E-state index in [9.17, 15) is 0 Å². The minimum Gasteiger partial charge on any atom is -0.315 e. The Morgan fingerprint density at radius 3 is 2.67 bits per heavy atom. The van der Waals surface area contributed by atoms with Gasteiger partial charge in [-0.15, -0.1) is 0 Å². The second-order valence-electron chi connectivity index (χ2n) is 6.74. The molecule has 2 aliphatic rings. The van der Waals surface area contributed by atoms with Crippen molar-refractivity contribution in [2.24, 2.45) is 5.92 Å². The molecule has 18 heavy (non-hydrogen) atoms. The highest BCUT2D eigenvalue weighted by molar-refractivity contribution is 4.92. The summed E-state index contributed by atoms with van der Waals surface area (Å²) in [6.45, 7) is 15.5. The van der Waals surface area contributed by atoms with E-state index in [2.05, 4.69) is 42.8 Å². The van der Waals surface area contributed by atoms with Crippen molar-refractivity contribution >= 4 is 0 Å². The quantitative estimate of drug-likeness (QED) is 0.806. The van der Waals surface area contributed by atoms with Crippen LogP contribution in [0.4, 0.5) is 0 Å². The van der Waals surface area contributed by atoms with E-state index in [1.165, 1.54) is 32.5 Å². The van der Waals surface area contributed by atoms with E-state index in [0.717, 1.165) is 31.1 Å². The van der Waals surface area contributed by atoms with Crippen LogP contribution in [0.1, 0.15) is 40.5 Å². The fourth-order valence-corrected chi connectivity index (χ4v) is 3.52. The summed E-state index contributed by atoms with van der Waals surface area (Å²) in [5, 5.41) is 3.61. The van der Waals surface area contributed by atoms with Crippen LogP contribution in [0.15, 0.2) is 0 Å². The molecule has 0 aromatic heterocycles. The lowest BCUT2D eigenvalue weighted by Gasteiger charge is -2.45. The number of hydrogen-bond acceptors (Lipinski definition) is 3. The molecule has 3 heteroatoms. The third kappa shape index (κ3) is 3.46. The van der Waals surface area contributed by atoms with E-state index in [4.69, 9.17) is 0 Å². The highest BCUT2D eigenvalue weighted by Gasteiger charge is 2.35. The first-order valence-corrected chi connectivity index (χ1v) is 7.78.